The van der Waals surface area contributed by atoms with Gasteiger partial charge < -0.3 is 30.8 Å². The number of fused-ring (bicyclic) bond motifs is 1. The number of hydrogen-bond acceptors (Lipinski definition) is 7. The Hall–Kier alpha value is -4.15. The summed E-state index contributed by atoms with van der Waals surface area (Å²) in [5, 5.41) is 4.56. The number of nitrogens with two attached hydrogens (primary N) is 2. The molecule has 0 saturated carbocycles. The van der Waals surface area contributed by atoms with Crippen molar-refractivity contribution < 1.29 is 9.47 Å². The second-order valence-corrected chi connectivity index (χ2v) is 8.80. The molecule has 3 heterocycles. The lowest BCUT2D eigenvalue weighted by Crippen LogP contribution is -2.38. The van der Waals surface area contributed by atoms with E-state index in [1.54, 1.807) is 19.3 Å². The minimum absolute atomic E-state index is 0.0755. The molecule has 0 amide bonds. The van der Waals surface area contributed by atoms with Crippen LogP contribution in [0.2, 0.25) is 0 Å². The van der Waals surface area contributed by atoms with Crippen molar-refractivity contribution >= 4 is 33.8 Å². The molecule has 194 valence electrons. The molecule has 1 aliphatic heterocycles. The van der Waals surface area contributed by atoms with Crippen molar-refractivity contribution in [3.8, 4) is 5.75 Å². The number of nitrogens with zero attached hydrogens (tertiary/aromatic N) is 4. The van der Waals surface area contributed by atoms with Crippen LogP contribution in [0, 0.1) is 6.92 Å². The maximum atomic E-state index is 13.1. The summed E-state index contributed by atoms with van der Waals surface area (Å²) in [6.07, 6.45) is 4.83. The van der Waals surface area contributed by atoms with E-state index in [2.05, 4.69) is 21.8 Å². The summed E-state index contributed by atoms with van der Waals surface area (Å²) in [5.74, 6) is 1.07. The van der Waals surface area contributed by atoms with Crippen LogP contribution in [0.25, 0.3) is 16.3 Å². The summed E-state index contributed by atoms with van der Waals surface area (Å²) in [4.78, 5) is 24.2. The highest BCUT2D eigenvalue weighted by molar-refractivity contribution is 5.95. The molecule has 0 atom stereocenters. The molecule has 0 spiro atoms. The molecule has 1 aromatic carbocycles. The zero-order valence-electron chi connectivity index (χ0n) is 21.2. The quantitative estimate of drug-likeness (QED) is 0.230. The third-order valence-electron chi connectivity index (χ3n) is 6.17. The summed E-state index contributed by atoms with van der Waals surface area (Å²) in [5.41, 5.74) is 13.8. The van der Waals surface area contributed by atoms with E-state index >= 15 is 0 Å². The monoisotopic (exact) mass is 503 g/mol. The Morgan fingerprint density at radius 3 is 2.78 bits per heavy atom. The largest absolute Gasteiger partial charge is 0.492 e. The van der Waals surface area contributed by atoms with Gasteiger partial charge in [0.05, 0.1) is 24.3 Å². The van der Waals surface area contributed by atoms with Gasteiger partial charge in [0, 0.05) is 56.4 Å². The first kappa shape index (κ1) is 25.9. The van der Waals surface area contributed by atoms with Crippen LogP contribution in [0.4, 0.5) is 11.5 Å². The van der Waals surface area contributed by atoms with Crippen LogP contribution in [0.1, 0.15) is 11.3 Å². The van der Waals surface area contributed by atoms with E-state index in [9.17, 15) is 4.79 Å². The summed E-state index contributed by atoms with van der Waals surface area (Å²) >= 11 is 0. The molecule has 5 N–H and O–H groups in total. The van der Waals surface area contributed by atoms with E-state index in [1.165, 1.54) is 10.8 Å². The number of rotatable bonds is 9. The van der Waals surface area contributed by atoms with Gasteiger partial charge in [-0.3, -0.25) is 9.69 Å². The third kappa shape index (κ3) is 6.35. The highest BCUT2D eigenvalue weighted by Crippen LogP contribution is 2.30. The van der Waals surface area contributed by atoms with Gasteiger partial charge in [-0.2, -0.15) is 0 Å². The Balaban J connectivity index is 1.67. The van der Waals surface area contributed by atoms with Crippen LogP contribution in [0.3, 0.4) is 0 Å². The van der Waals surface area contributed by atoms with Gasteiger partial charge in [-0.1, -0.05) is 18.7 Å². The highest BCUT2D eigenvalue weighted by atomic mass is 16.5. The van der Waals surface area contributed by atoms with Gasteiger partial charge >= 0.3 is 0 Å². The number of nitrogens with one attached hydrogen (secondary N) is 1. The van der Waals surface area contributed by atoms with E-state index in [-0.39, 0.29) is 11.5 Å². The van der Waals surface area contributed by atoms with E-state index in [0.29, 0.717) is 29.1 Å². The minimum Gasteiger partial charge on any atom is -0.492 e. The molecule has 2 aromatic heterocycles. The van der Waals surface area contributed by atoms with Crippen LogP contribution < -0.4 is 27.1 Å². The number of ether oxygens (including phenoxy) is 2. The Kier molecular flexibility index (Phi) is 8.22. The summed E-state index contributed by atoms with van der Waals surface area (Å²) in [6, 6.07) is 9.52. The number of benzene rings is 1. The fraction of sp³-hybridized carbons (Fsp3) is 0.296. The molecule has 10 heteroatoms. The minimum atomic E-state index is -0.164. The first-order valence-electron chi connectivity index (χ1n) is 12.1. The Morgan fingerprint density at radius 2 is 2.05 bits per heavy atom. The predicted octanol–water partition coefficient (Wildman–Crippen LogP) is 2.50. The maximum Gasteiger partial charge on any atom is 0.261 e. The number of aromatic nitrogens is 2. The van der Waals surface area contributed by atoms with E-state index < -0.39 is 0 Å². The lowest BCUT2D eigenvalue weighted by molar-refractivity contribution is 0.0322. The van der Waals surface area contributed by atoms with Crippen LogP contribution >= 0.6 is 0 Å². The van der Waals surface area contributed by atoms with Gasteiger partial charge in [-0.05, 0) is 36.1 Å². The molecule has 0 unspecified atom stereocenters. The van der Waals surface area contributed by atoms with Gasteiger partial charge in [-0.15, -0.1) is 0 Å². The predicted molar refractivity (Wildman–Crippen MR) is 148 cm³/mol. The third-order valence-corrected chi connectivity index (χ3v) is 6.17. The zero-order chi connectivity index (χ0) is 26.4. The smallest absolute Gasteiger partial charge is 0.261 e. The Labute approximate surface area is 215 Å². The molecule has 0 aliphatic carbocycles. The molecule has 1 saturated heterocycles. The van der Waals surface area contributed by atoms with E-state index in [0.717, 1.165) is 55.2 Å². The lowest BCUT2D eigenvalue weighted by Gasteiger charge is -2.26. The average Bonchev–Trinajstić information content (AvgIpc) is 2.89. The van der Waals surface area contributed by atoms with Crippen molar-refractivity contribution in [2.75, 3.05) is 44.8 Å². The van der Waals surface area contributed by atoms with Crippen molar-refractivity contribution in [3.05, 3.63) is 77.0 Å². The Bertz CT molecular complexity index is 1400. The first-order valence-corrected chi connectivity index (χ1v) is 12.1. The fourth-order valence-electron chi connectivity index (χ4n) is 4.03. The normalized spacial score (nSPS) is 14.4. The van der Waals surface area contributed by atoms with Crippen LogP contribution in [-0.4, -0.2) is 59.9 Å². The summed E-state index contributed by atoms with van der Waals surface area (Å²) in [7, 11) is 1.71. The van der Waals surface area contributed by atoms with Crippen LogP contribution in [-0.2, 0) is 11.8 Å². The first-order chi connectivity index (χ1) is 17.9. The molecule has 10 nitrogen and oxygen atoms in total. The van der Waals surface area contributed by atoms with E-state index in [4.69, 9.17) is 25.9 Å². The molecule has 37 heavy (non-hydrogen) atoms. The summed E-state index contributed by atoms with van der Waals surface area (Å²) in [6.45, 7) is 10.6. The molecular formula is C27H33N7O3. The van der Waals surface area contributed by atoms with Gasteiger partial charge in [0.15, 0.2) is 5.96 Å². The number of morpholine rings is 1. The van der Waals surface area contributed by atoms with Crippen molar-refractivity contribution in [1.82, 2.24) is 14.5 Å². The number of pyridine rings is 2. The van der Waals surface area contributed by atoms with Crippen molar-refractivity contribution in [2.24, 2.45) is 23.5 Å². The van der Waals surface area contributed by atoms with Gasteiger partial charge in [0.25, 0.3) is 5.56 Å². The topological polar surface area (TPSA) is 133 Å². The molecule has 4 rings (SSSR count). The number of allylic oxidation sites excluding steroid dienone is 2. The average molecular weight is 504 g/mol. The van der Waals surface area contributed by atoms with Gasteiger partial charge in [0.1, 0.15) is 18.2 Å². The van der Waals surface area contributed by atoms with Crippen molar-refractivity contribution in [1.29, 1.82) is 0 Å². The van der Waals surface area contributed by atoms with Crippen molar-refractivity contribution in [2.45, 2.75) is 6.92 Å². The Morgan fingerprint density at radius 1 is 1.27 bits per heavy atom. The molecule has 1 fully saturated rings. The van der Waals surface area contributed by atoms with Crippen LogP contribution in [0.5, 0.6) is 5.75 Å². The molecule has 1 aliphatic rings. The van der Waals surface area contributed by atoms with E-state index in [1.807, 2.05) is 37.3 Å². The highest BCUT2D eigenvalue weighted by Gasteiger charge is 2.15. The van der Waals surface area contributed by atoms with Gasteiger partial charge in [-0.25, -0.2) is 9.98 Å². The van der Waals surface area contributed by atoms with Gasteiger partial charge in [0.2, 0.25) is 0 Å². The molecule has 0 radical (unpaired) electrons. The fourth-order valence-corrected chi connectivity index (χ4v) is 4.03. The second kappa shape index (κ2) is 11.7. The number of guanidine groups is 1. The SMILES string of the molecule is C=C/C(=C\N=C(N)N)c1cc2ccn(C)c(=O)c2c(Nc2cc(OCCN3CCOCC3)ccc2C)n1. The molecule has 3 aromatic rings. The second-order valence-electron chi connectivity index (χ2n) is 8.80. The standard InChI is InChI=1S/C27H33N7O3/c1-4-19(17-30-27(28)29)23-15-20-7-8-33(3)26(35)24(20)25(32-23)31-22-16-21(6-5-18(22)2)37-14-11-34-9-12-36-13-10-34/h4-8,15-17H,1,9-14H2,2-3H3,(H,31,32)(H4,28,29,30)/b19-17+. The van der Waals surface area contributed by atoms with Crippen LogP contribution in [0.15, 0.2) is 65.2 Å². The zero-order valence-corrected chi connectivity index (χ0v) is 21.2. The maximum absolute atomic E-state index is 13.1. The molecular weight excluding hydrogens is 470 g/mol. The number of aliphatic imine (C=N–C) groups is 1. The number of aryl methyl sites for hydroxylation is 2. The number of anilines is 2. The number of hydrogen-bond donors (Lipinski definition) is 3. The summed E-state index contributed by atoms with van der Waals surface area (Å²) < 4.78 is 13.0. The lowest BCUT2D eigenvalue weighted by atomic mass is 10.1. The van der Waals surface area contributed by atoms with Crippen molar-refractivity contribution in [3.63, 3.8) is 0 Å². The molecule has 0 bridgehead atoms.